The lowest BCUT2D eigenvalue weighted by atomic mass is 10.00. The van der Waals surface area contributed by atoms with Crippen molar-refractivity contribution in [3.05, 3.63) is 33.9 Å². The van der Waals surface area contributed by atoms with Gasteiger partial charge in [0.15, 0.2) is 0 Å². The highest BCUT2D eigenvalue weighted by Crippen LogP contribution is 2.33. The van der Waals surface area contributed by atoms with E-state index in [2.05, 4.69) is 10.2 Å². The van der Waals surface area contributed by atoms with E-state index in [1.165, 1.54) is 18.2 Å². The minimum Gasteiger partial charge on any atom is -0.508 e. The number of hydrogen-bond acceptors (Lipinski definition) is 5. The van der Waals surface area contributed by atoms with Crippen LogP contribution in [0.25, 0.3) is 0 Å². The van der Waals surface area contributed by atoms with E-state index in [4.69, 9.17) is 0 Å². The van der Waals surface area contributed by atoms with Crippen LogP contribution in [-0.2, 0) is 0 Å². The molecule has 1 fully saturated rings. The fraction of sp³-hybridized carbons (Fsp3) is 0.538. The maximum atomic E-state index is 10.9. The number of benzene rings is 1. The number of nitro groups is 1. The molecule has 0 aromatic heterocycles. The summed E-state index contributed by atoms with van der Waals surface area (Å²) in [5.74, 6) is 0.135. The summed E-state index contributed by atoms with van der Waals surface area (Å²) in [7, 11) is 0. The Bertz CT molecular complexity index is 458. The van der Waals surface area contributed by atoms with Crippen molar-refractivity contribution in [3.63, 3.8) is 0 Å². The maximum Gasteiger partial charge on any atom is 0.270 e. The molecule has 0 radical (unpaired) electrons. The van der Waals surface area contributed by atoms with Crippen molar-refractivity contribution >= 4 is 5.69 Å². The van der Waals surface area contributed by atoms with Gasteiger partial charge in [-0.15, -0.1) is 0 Å². The largest absolute Gasteiger partial charge is 0.508 e. The quantitative estimate of drug-likeness (QED) is 0.639. The summed E-state index contributed by atoms with van der Waals surface area (Å²) in [4.78, 5) is 12.7. The number of piperazine rings is 1. The highest BCUT2D eigenvalue weighted by atomic mass is 16.6. The lowest BCUT2D eigenvalue weighted by Crippen LogP contribution is -2.45. The number of rotatable bonds is 4. The van der Waals surface area contributed by atoms with Crippen molar-refractivity contribution < 1.29 is 10.0 Å². The number of nitrogens with zero attached hydrogens (tertiary/aromatic N) is 2. The van der Waals surface area contributed by atoms with Crippen LogP contribution in [0.4, 0.5) is 5.69 Å². The molecule has 1 aromatic carbocycles. The molecule has 0 saturated carbocycles. The Morgan fingerprint density at radius 1 is 1.47 bits per heavy atom. The van der Waals surface area contributed by atoms with Crippen molar-refractivity contribution in [2.24, 2.45) is 0 Å². The van der Waals surface area contributed by atoms with Crippen LogP contribution in [-0.4, -0.2) is 41.1 Å². The van der Waals surface area contributed by atoms with Crippen molar-refractivity contribution in [1.29, 1.82) is 0 Å². The monoisotopic (exact) mass is 265 g/mol. The lowest BCUT2D eigenvalue weighted by molar-refractivity contribution is -0.385. The molecule has 0 aliphatic carbocycles. The molecule has 2 rings (SSSR count). The number of phenolic OH excluding ortho intramolecular Hbond substituents is 1. The van der Waals surface area contributed by atoms with Gasteiger partial charge in [0.05, 0.1) is 4.92 Å². The second-order valence-corrected chi connectivity index (χ2v) is 4.71. The first kappa shape index (κ1) is 13.8. The third kappa shape index (κ3) is 3.02. The zero-order valence-corrected chi connectivity index (χ0v) is 11.0. The van der Waals surface area contributed by atoms with Crippen LogP contribution in [0.15, 0.2) is 18.2 Å². The molecule has 1 heterocycles. The number of nitrogens with one attached hydrogen (secondary N) is 1. The number of phenols is 1. The number of hydrogen-bond donors (Lipinski definition) is 2. The van der Waals surface area contributed by atoms with Gasteiger partial charge in [0.2, 0.25) is 0 Å². The van der Waals surface area contributed by atoms with Gasteiger partial charge < -0.3 is 10.4 Å². The van der Waals surface area contributed by atoms with Gasteiger partial charge in [-0.2, -0.15) is 0 Å². The maximum absolute atomic E-state index is 10.9. The summed E-state index contributed by atoms with van der Waals surface area (Å²) in [6, 6.07) is 4.27. The van der Waals surface area contributed by atoms with Crippen molar-refractivity contribution in [2.45, 2.75) is 19.4 Å². The van der Waals surface area contributed by atoms with E-state index in [0.717, 1.165) is 32.6 Å². The molecular formula is C13H19N3O3. The Morgan fingerprint density at radius 3 is 2.74 bits per heavy atom. The van der Waals surface area contributed by atoms with Crippen LogP contribution in [0.2, 0.25) is 0 Å². The van der Waals surface area contributed by atoms with E-state index in [9.17, 15) is 15.2 Å². The van der Waals surface area contributed by atoms with E-state index >= 15 is 0 Å². The van der Waals surface area contributed by atoms with Crippen LogP contribution in [0, 0.1) is 10.1 Å². The number of nitro benzene ring substituents is 1. The van der Waals surface area contributed by atoms with Crippen molar-refractivity contribution in [2.75, 3.05) is 26.2 Å². The zero-order valence-electron chi connectivity index (χ0n) is 11.0. The first-order chi connectivity index (χ1) is 9.13. The summed E-state index contributed by atoms with van der Waals surface area (Å²) in [5, 5.41) is 24.1. The number of non-ortho nitro benzene ring substituents is 1. The van der Waals surface area contributed by atoms with Gasteiger partial charge in [0.25, 0.3) is 5.69 Å². The molecule has 1 atom stereocenters. The first-order valence-electron chi connectivity index (χ1n) is 6.55. The first-order valence-corrected chi connectivity index (χ1v) is 6.55. The Hall–Kier alpha value is -1.66. The molecular weight excluding hydrogens is 246 g/mol. The zero-order chi connectivity index (χ0) is 13.8. The smallest absolute Gasteiger partial charge is 0.270 e. The number of aromatic hydroxyl groups is 1. The fourth-order valence-electron chi connectivity index (χ4n) is 2.59. The lowest BCUT2D eigenvalue weighted by Gasteiger charge is -2.34. The predicted octanol–water partition coefficient (Wildman–Crippen LogP) is 1.66. The average molecular weight is 265 g/mol. The topological polar surface area (TPSA) is 78.6 Å². The van der Waals surface area contributed by atoms with E-state index in [0.29, 0.717) is 5.56 Å². The molecule has 6 heteroatoms. The van der Waals surface area contributed by atoms with Crippen LogP contribution >= 0.6 is 0 Å². The third-order valence-corrected chi connectivity index (χ3v) is 3.56. The van der Waals surface area contributed by atoms with E-state index in [1.807, 2.05) is 6.92 Å². The normalized spacial score (nSPS) is 18.2. The highest BCUT2D eigenvalue weighted by molar-refractivity contribution is 5.44. The summed E-state index contributed by atoms with van der Waals surface area (Å²) < 4.78 is 0. The molecule has 0 bridgehead atoms. The molecule has 2 N–H and O–H groups in total. The van der Waals surface area contributed by atoms with Gasteiger partial charge in [-0.25, -0.2) is 0 Å². The summed E-state index contributed by atoms with van der Waals surface area (Å²) in [6.07, 6.45) is 0.814. The average Bonchev–Trinajstić information content (AvgIpc) is 2.42. The minimum atomic E-state index is -0.423. The standard InChI is InChI=1S/C13H19N3O3/c1-2-12(15-7-5-14-6-8-15)11-9-10(16(18)19)3-4-13(11)17/h3-4,9,12,14,17H,2,5-8H2,1H3/t12-/m1/s1. The molecule has 0 amide bonds. The van der Waals surface area contributed by atoms with Gasteiger partial charge in [-0.1, -0.05) is 6.92 Å². The Balaban J connectivity index is 2.30. The highest BCUT2D eigenvalue weighted by Gasteiger charge is 2.24. The summed E-state index contributed by atoms with van der Waals surface area (Å²) in [5.41, 5.74) is 0.681. The van der Waals surface area contributed by atoms with Gasteiger partial charge in [0, 0.05) is 49.9 Å². The van der Waals surface area contributed by atoms with Crippen molar-refractivity contribution in [1.82, 2.24) is 10.2 Å². The van der Waals surface area contributed by atoms with Gasteiger partial charge in [-0.3, -0.25) is 15.0 Å². The molecule has 0 spiro atoms. The van der Waals surface area contributed by atoms with Crippen LogP contribution in [0.5, 0.6) is 5.75 Å². The van der Waals surface area contributed by atoms with E-state index in [-0.39, 0.29) is 17.5 Å². The predicted molar refractivity (Wildman–Crippen MR) is 72.2 cm³/mol. The second-order valence-electron chi connectivity index (χ2n) is 4.71. The van der Waals surface area contributed by atoms with Gasteiger partial charge in [0.1, 0.15) is 5.75 Å². The van der Waals surface area contributed by atoms with Gasteiger partial charge in [-0.05, 0) is 12.5 Å². The van der Waals surface area contributed by atoms with Crippen LogP contribution in [0.1, 0.15) is 24.9 Å². The molecule has 6 nitrogen and oxygen atoms in total. The molecule has 0 unspecified atom stereocenters. The Kier molecular flexibility index (Phi) is 4.34. The van der Waals surface area contributed by atoms with Crippen molar-refractivity contribution in [3.8, 4) is 5.75 Å². The molecule has 1 aliphatic rings. The molecule has 1 aromatic rings. The van der Waals surface area contributed by atoms with E-state index < -0.39 is 4.92 Å². The van der Waals surface area contributed by atoms with E-state index in [1.54, 1.807) is 0 Å². The van der Waals surface area contributed by atoms with Crippen LogP contribution in [0.3, 0.4) is 0 Å². The summed E-state index contributed by atoms with van der Waals surface area (Å²) >= 11 is 0. The summed E-state index contributed by atoms with van der Waals surface area (Å²) in [6.45, 7) is 5.63. The molecule has 104 valence electrons. The minimum absolute atomic E-state index is 0.0291. The van der Waals surface area contributed by atoms with Gasteiger partial charge >= 0.3 is 0 Å². The molecule has 1 saturated heterocycles. The van der Waals surface area contributed by atoms with Crippen LogP contribution < -0.4 is 5.32 Å². The Morgan fingerprint density at radius 2 is 2.16 bits per heavy atom. The Labute approximate surface area is 112 Å². The molecule has 19 heavy (non-hydrogen) atoms. The SMILES string of the molecule is CC[C@H](c1cc([N+](=O)[O-])ccc1O)N1CCNCC1. The second kappa shape index (κ2) is 5.99. The molecule has 1 aliphatic heterocycles. The fourth-order valence-corrected chi connectivity index (χ4v) is 2.59. The third-order valence-electron chi connectivity index (χ3n) is 3.56.